The Kier molecular flexibility index (Phi) is 10.6. The van der Waals surface area contributed by atoms with E-state index < -0.39 is 13.5 Å². The molecule has 3 aromatic rings. The molecule has 0 amide bonds. The maximum atomic E-state index is 5.67. The van der Waals surface area contributed by atoms with E-state index in [2.05, 4.69) is 94.7 Å². The second-order valence-corrected chi connectivity index (χ2v) is 14.2. The van der Waals surface area contributed by atoms with Crippen LogP contribution >= 0.6 is 19.4 Å². The number of rotatable bonds is 3. The van der Waals surface area contributed by atoms with Gasteiger partial charge in [0.2, 0.25) is 0 Å². The van der Waals surface area contributed by atoms with Crippen LogP contribution in [-0.2, 0) is 13.5 Å². The molecule has 1 heterocycles. The van der Waals surface area contributed by atoms with Gasteiger partial charge in [-0.05, 0) is 76.2 Å². The molecule has 0 saturated carbocycles. The first-order chi connectivity index (χ1) is 15.7. The van der Waals surface area contributed by atoms with E-state index in [0.29, 0.717) is 0 Å². The molecule has 1 aliphatic heterocycles. The second-order valence-electron chi connectivity index (χ2n) is 8.44. The number of benzene rings is 3. The van der Waals surface area contributed by atoms with Crippen LogP contribution in [-0.4, -0.2) is 4.61 Å². The Morgan fingerprint density at radius 2 is 1.06 bits per heavy atom. The summed E-state index contributed by atoms with van der Waals surface area (Å²) in [5.74, 6) is 0. The standard InChI is InChI=1S/C21H25N2.C7H6.CH3.2ClH.Ru/c1-14-9-16(3)20(17(4)10-14)22-7-8-23(13-22)21-18(5)11-15(2)12-19(21)6;1-7-5-3-2-4-6-7;;;;/h7-13H,1-6H3;1-6H;1H3;2*1H;/q-1;;-1;;;+2/p-2. The van der Waals surface area contributed by atoms with Gasteiger partial charge in [0.05, 0.1) is 0 Å². The van der Waals surface area contributed by atoms with Gasteiger partial charge in [0.1, 0.15) is 0 Å². The molecule has 0 N–H and O–H groups in total. The molecular formula is C29H34Cl2N2Ru-2. The Hall–Kier alpha value is -1.93. The quantitative estimate of drug-likeness (QED) is 0.225. The Morgan fingerprint density at radius 1 is 0.676 bits per heavy atom. The van der Waals surface area contributed by atoms with Gasteiger partial charge in [-0.25, -0.2) is 0 Å². The minimum atomic E-state index is -1.61. The van der Waals surface area contributed by atoms with E-state index in [0.717, 1.165) is 5.56 Å². The average molecular weight is 583 g/mol. The van der Waals surface area contributed by atoms with Crippen molar-refractivity contribution in [3.63, 3.8) is 0 Å². The molecule has 0 aromatic heterocycles. The molecule has 4 rings (SSSR count). The van der Waals surface area contributed by atoms with Crippen molar-refractivity contribution in [2.45, 2.75) is 41.5 Å². The first-order valence-corrected chi connectivity index (χ1v) is 16.3. The summed E-state index contributed by atoms with van der Waals surface area (Å²) in [5.41, 5.74) is 11.5. The predicted molar refractivity (Wildman–Crippen MR) is 149 cm³/mol. The molecule has 3 aromatic carbocycles. The van der Waals surface area contributed by atoms with Crippen molar-refractivity contribution in [3.8, 4) is 0 Å². The van der Waals surface area contributed by atoms with E-state index in [1.54, 1.807) is 0 Å². The van der Waals surface area contributed by atoms with Crippen LogP contribution in [0.25, 0.3) is 0 Å². The van der Waals surface area contributed by atoms with Gasteiger partial charge in [-0.2, -0.15) is 0 Å². The van der Waals surface area contributed by atoms with Crippen LogP contribution in [0.2, 0.25) is 0 Å². The molecule has 0 spiro atoms. The zero-order valence-corrected chi connectivity index (χ0v) is 24.3. The van der Waals surface area contributed by atoms with Crippen molar-refractivity contribution in [3.05, 3.63) is 120 Å². The van der Waals surface area contributed by atoms with Gasteiger partial charge in [-0.15, -0.1) is 6.67 Å². The topological polar surface area (TPSA) is 6.48 Å². The summed E-state index contributed by atoms with van der Waals surface area (Å²) in [6.45, 7) is 15.2. The molecule has 0 unspecified atom stereocenters. The van der Waals surface area contributed by atoms with Crippen molar-refractivity contribution in [2.75, 3.05) is 9.80 Å². The second kappa shape index (κ2) is 12.7. The molecule has 0 saturated heterocycles. The molecule has 34 heavy (non-hydrogen) atoms. The maximum absolute atomic E-state index is 5.67. The summed E-state index contributed by atoms with van der Waals surface area (Å²) >= 11 is -1.61. The van der Waals surface area contributed by atoms with Gasteiger partial charge in [0.15, 0.2) is 0 Å². The van der Waals surface area contributed by atoms with E-state index in [1.807, 2.05) is 34.9 Å². The Balaban J connectivity index is 0.000000314. The molecule has 0 atom stereocenters. The van der Waals surface area contributed by atoms with Crippen molar-refractivity contribution < 1.29 is 13.5 Å². The van der Waals surface area contributed by atoms with Gasteiger partial charge in [-0.3, -0.25) is 0 Å². The van der Waals surface area contributed by atoms with Crippen molar-refractivity contribution in [1.29, 1.82) is 0 Å². The van der Waals surface area contributed by atoms with Crippen LogP contribution < -0.4 is 9.80 Å². The number of anilines is 2. The molecule has 0 radical (unpaired) electrons. The van der Waals surface area contributed by atoms with E-state index >= 15 is 0 Å². The number of aryl methyl sites for hydroxylation is 6. The summed E-state index contributed by atoms with van der Waals surface area (Å²) < 4.78 is 1.92. The summed E-state index contributed by atoms with van der Waals surface area (Å²) in [7, 11) is 11.3. The minimum absolute atomic E-state index is 0. The van der Waals surface area contributed by atoms with Crippen LogP contribution in [0.4, 0.5) is 11.4 Å². The number of nitrogens with zero attached hydrogens (tertiary/aromatic N) is 2. The van der Waals surface area contributed by atoms with E-state index in [-0.39, 0.29) is 7.43 Å². The molecule has 2 nitrogen and oxygen atoms in total. The fourth-order valence-corrected chi connectivity index (χ4v) is 6.22. The number of hydrogen-bond donors (Lipinski definition) is 0. The normalized spacial score (nSPS) is 12.6. The van der Waals surface area contributed by atoms with Gasteiger partial charge in [0.25, 0.3) is 0 Å². The van der Waals surface area contributed by atoms with Gasteiger partial charge < -0.3 is 17.2 Å². The molecule has 0 fully saturated rings. The summed E-state index contributed by atoms with van der Waals surface area (Å²) in [6, 6.07) is 18.9. The molecule has 5 heteroatoms. The van der Waals surface area contributed by atoms with Crippen LogP contribution in [0, 0.1) is 55.6 Å². The van der Waals surface area contributed by atoms with Gasteiger partial charge in [0, 0.05) is 11.4 Å². The molecule has 184 valence electrons. The molecule has 0 bridgehead atoms. The fourth-order valence-electron chi connectivity index (χ4n) is 4.39. The summed E-state index contributed by atoms with van der Waals surface area (Å²) in [6.07, 6.45) is 4.28. The van der Waals surface area contributed by atoms with Crippen molar-refractivity contribution in [1.82, 2.24) is 0 Å². The Morgan fingerprint density at radius 3 is 1.41 bits per heavy atom. The summed E-state index contributed by atoms with van der Waals surface area (Å²) in [4.78, 5) is 4.45. The van der Waals surface area contributed by atoms with Crippen molar-refractivity contribution >= 4 is 35.4 Å². The summed E-state index contributed by atoms with van der Waals surface area (Å²) in [5, 5.41) is 0. The number of halogens is 2. The first-order valence-electron chi connectivity index (χ1n) is 10.8. The van der Waals surface area contributed by atoms with Crippen molar-refractivity contribution in [2.24, 2.45) is 0 Å². The number of hydrogen-bond acceptors (Lipinski definition) is 2. The zero-order valence-electron chi connectivity index (χ0n) is 21.0. The van der Waals surface area contributed by atoms with Crippen LogP contribution in [0.5, 0.6) is 0 Å². The Bertz CT molecular complexity index is 1070. The third kappa shape index (κ3) is 7.28. The van der Waals surface area contributed by atoms with Crippen LogP contribution in [0.1, 0.15) is 38.9 Å². The predicted octanol–water partition coefficient (Wildman–Crippen LogP) is 8.67. The van der Waals surface area contributed by atoms with E-state index in [9.17, 15) is 0 Å². The van der Waals surface area contributed by atoms with Crippen LogP contribution in [0.3, 0.4) is 0 Å². The van der Waals surface area contributed by atoms with Gasteiger partial charge >= 0.3 is 73.4 Å². The fraction of sp³-hybridized carbons (Fsp3) is 0.207. The average Bonchev–Trinajstić information content (AvgIpc) is 3.16. The van der Waals surface area contributed by atoms with E-state index in [4.69, 9.17) is 19.4 Å². The molecule has 0 aliphatic carbocycles. The zero-order chi connectivity index (χ0) is 24.1. The SMILES string of the molecule is Cc1cc(C)c(N2C=CN(c3c(C)cc(C)cc3C)[CH-]2)c(C)c1.[CH3-].[Cl][Ru]([Cl])=[CH]c1ccccc1. The first kappa shape index (κ1) is 28.3. The molecule has 1 aliphatic rings. The third-order valence-electron chi connectivity index (χ3n) is 5.42. The monoisotopic (exact) mass is 582 g/mol. The van der Waals surface area contributed by atoms with Gasteiger partial charge in [-0.1, -0.05) is 35.4 Å². The van der Waals surface area contributed by atoms with Crippen LogP contribution in [0.15, 0.2) is 67.0 Å². The van der Waals surface area contributed by atoms with E-state index in [1.165, 1.54) is 44.8 Å². The Labute approximate surface area is 219 Å². The molecular weight excluding hydrogens is 548 g/mol. The third-order valence-corrected chi connectivity index (χ3v) is 7.29.